The van der Waals surface area contributed by atoms with Crippen molar-refractivity contribution in [2.24, 2.45) is 0 Å². The van der Waals surface area contributed by atoms with Gasteiger partial charge in [0.05, 0.1) is 0 Å². The minimum Gasteiger partial charge on any atom is -0.492 e. The Morgan fingerprint density at radius 2 is 2.04 bits per heavy atom. The van der Waals surface area contributed by atoms with Gasteiger partial charge in [-0.05, 0) is 36.5 Å². The number of fused-ring (bicyclic) bond motifs is 2. The molecule has 0 radical (unpaired) electrons. The van der Waals surface area contributed by atoms with Crippen molar-refractivity contribution in [2.45, 2.75) is 32.2 Å². The molecular weight excluding hydrogens is 302 g/mol. The second-order valence-electron chi connectivity index (χ2n) is 6.12. The van der Waals surface area contributed by atoms with Crippen LogP contribution in [0.2, 0.25) is 0 Å². The lowest BCUT2D eigenvalue weighted by Gasteiger charge is -2.20. The van der Waals surface area contributed by atoms with Gasteiger partial charge >= 0.3 is 5.97 Å². The number of hydrogen-bond acceptors (Lipinski definition) is 3. The molecule has 0 unspecified atom stereocenters. The van der Waals surface area contributed by atoms with E-state index in [-0.39, 0.29) is 0 Å². The Hall–Kier alpha value is -2.33. The van der Waals surface area contributed by atoms with Crippen molar-refractivity contribution in [1.82, 2.24) is 5.32 Å². The van der Waals surface area contributed by atoms with E-state index in [9.17, 15) is 4.79 Å². The van der Waals surface area contributed by atoms with Gasteiger partial charge in [-0.1, -0.05) is 36.4 Å². The molecule has 24 heavy (non-hydrogen) atoms. The average Bonchev–Trinajstić information content (AvgIpc) is 2.87. The molecule has 1 aromatic rings. The Balaban J connectivity index is 0.000000143. The lowest BCUT2D eigenvalue weighted by atomic mass is 9.85. The van der Waals surface area contributed by atoms with Crippen molar-refractivity contribution in [2.75, 3.05) is 13.2 Å². The number of carboxylic acid groups (broad SMARTS) is 1. The maximum Gasteiger partial charge on any atom is 0.331 e. The Kier molecular flexibility index (Phi) is 5.49. The van der Waals surface area contributed by atoms with Gasteiger partial charge in [-0.25, -0.2) is 4.79 Å². The fourth-order valence-electron chi connectivity index (χ4n) is 3.10. The fourth-order valence-corrected chi connectivity index (χ4v) is 3.10. The molecule has 0 saturated heterocycles. The number of nitrogens with one attached hydrogen (secondary N) is 1. The van der Waals surface area contributed by atoms with E-state index in [2.05, 4.69) is 17.5 Å². The average molecular weight is 325 g/mol. The molecule has 1 aliphatic heterocycles. The summed E-state index contributed by atoms with van der Waals surface area (Å²) in [5, 5.41) is 12.1. The van der Waals surface area contributed by atoms with Crippen LogP contribution >= 0.6 is 0 Å². The summed E-state index contributed by atoms with van der Waals surface area (Å²) in [6.07, 6.45) is 9.88. The highest BCUT2D eigenvalue weighted by Crippen LogP contribution is 2.32. The topological polar surface area (TPSA) is 58.6 Å². The van der Waals surface area contributed by atoms with E-state index in [1.165, 1.54) is 23.1 Å². The molecule has 4 rings (SSSR count). The summed E-state index contributed by atoms with van der Waals surface area (Å²) in [5.74, 6) is 0.235. The van der Waals surface area contributed by atoms with Crippen molar-refractivity contribution >= 4 is 5.97 Å². The van der Waals surface area contributed by atoms with Crippen LogP contribution in [0.3, 0.4) is 0 Å². The minimum atomic E-state index is -0.790. The Morgan fingerprint density at radius 3 is 2.92 bits per heavy atom. The first-order valence-corrected chi connectivity index (χ1v) is 8.48. The van der Waals surface area contributed by atoms with Crippen LogP contribution in [0.25, 0.3) is 0 Å². The second-order valence-corrected chi connectivity index (χ2v) is 6.12. The predicted molar refractivity (Wildman–Crippen MR) is 94.0 cm³/mol. The highest BCUT2D eigenvalue weighted by molar-refractivity contribution is 5.88. The quantitative estimate of drug-likeness (QED) is 0.828. The van der Waals surface area contributed by atoms with Crippen LogP contribution < -0.4 is 10.1 Å². The summed E-state index contributed by atoms with van der Waals surface area (Å²) in [7, 11) is 0. The lowest BCUT2D eigenvalue weighted by molar-refractivity contribution is -0.132. The van der Waals surface area contributed by atoms with Crippen LogP contribution in [-0.2, 0) is 11.3 Å². The molecule has 2 N–H and O–H groups in total. The molecule has 0 spiro atoms. The Labute approximate surface area is 142 Å². The van der Waals surface area contributed by atoms with Crippen LogP contribution in [0.4, 0.5) is 0 Å². The summed E-state index contributed by atoms with van der Waals surface area (Å²) in [6.45, 7) is 2.64. The lowest BCUT2D eigenvalue weighted by Crippen LogP contribution is -2.16. The number of benzene rings is 1. The number of aliphatic carboxylic acids is 1. The molecule has 4 nitrogen and oxygen atoms in total. The number of hydrogen-bond donors (Lipinski definition) is 2. The minimum absolute atomic E-state index is 0.511. The van der Waals surface area contributed by atoms with E-state index < -0.39 is 5.97 Å². The van der Waals surface area contributed by atoms with E-state index in [1.54, 1.807) is 6.08 Å². The Morgan fingerprint density at radius 1 is 1.17 bits per heavy atom. The van der Waals surface area contributed by atoms with Gasteiger partial charge in [0, 0.05) is 30.6 Å². The molecule has 2 aliphatic carbocycles. The smallest absolute Gasteiger partial charge is 0.331 e. The number of ether oxygens (including phenoxy) is 1. The summed E-state index contributed by atoms with van der Waals surface area (Å²) in [6, 6.07) is 8.15. The first kappa shape index (κ1) is 16.5. The van der Waals surface area contributed by atoms with Crippen molar-refractivity contribution < 1.29 is 14.6 Å². The number of rotatable bonds is 1. The molecule has 3 aliphatic rings. The summed E-state index contributed by atoms with van der Waals surface area (Å²) in [4.78, 5) is 10.7. The molecule has 1 heterocycles. The van der Waals surface area contributed by atoms with Gasteiger partial charge in [0.15, 0.2) is 0 Å². The van der Waals surface area contributed by atoms with Crippen LogP contribution in [0, 0.1) is 0 Å². The third-order valence-electron chi connectivity index (χ3n) is 4.42. The monoisotopic (exact) mass is 325 g/mol. The molecule has 0 bridgehead atoms. The zero-order valence-electron chi connectivity index (χ0n) is 13.8. The second kappa shape index (κ2) is 7.97. The van der Waals surface area contributed by atoms with E-state index in [4.69, 9.17) is 9.84 Å². The molecule has 0 aromatic heterocycles. The van der Waals surface area contributed by atoms with Crippen molar-refractivity contribution in [3.63, 3.8) is 0 Å². The maximum atomic E-state index is 10.7. The van der Waals surface area contributed by atoms with Gasteiger partial charge in [0.2, 0.25) is 0 Å². The largest absolute Gasteiger partial charge is 0.492 e. The SMILES string of the molecule is O=C(O)C1=CC=C2CCCC=C2C1.c1ccc2c(c1)CNCCO2. The van der Waals surface area contributed by atoms with E-state index in [0.29, 0.717) is 12.0 Å². The number of para-hydroxylation sites is 1. The zero-order chi connectivity index (χ0) is 16.8. The highest BCUT2D eigenvalue weighted by Gasteiger charge is 2.18. The fraction of sp³-hybridized carbons (Fsp3) is 0.350. The zero-order valence-corrected chi connectivity index (χ0v) is 13.8. The number of allylic oxidation sites excluding steroid dienone is 5. The maximum absolute atomic E-state index is 10.7. The number of carbonyl (C=O) groups is 1. The highest BCUT2D eigenvalue weighted by atomic mass is 16.5. The Bertz CT molecular complexity index is 676. The van der Waals surface area contributed by atoms with Crippen LogP contribution in [-0.4, -0.2) is 24.2 Å². The molecule has 0 amide bonds. The molecule has 4 heteroatoms. The van der Waals surface area contributed by atoms with E-state index in [0.717, 1.165) is 38.3 Å². The number of carboxylic acids is 1. The normalized spacial score (nSPS) is 18.9. The van der Waals surface area contributed by atoms with Crippen LogP contribution in [0.1, 0.15) is 31.2 Å². The first-order valence-electron chi connectivity index (χ1n) is 8.48. The van der Waals surface area contributed by atoms with Crippen molar-refractivity contribution in [3.8, 4) is 5.75 Å². The summed E-state index contributed by atoms with van der Waals surface area (Å²) < 4.78 is 5.49. The third-order valence-corrected chi connectivity index (χ3v) is 4.42. The van der Waals surface area contributed by atoms with Crippen LogP contribution in [0.15, 0.2) is 59.2 Å². The van der Waals surface area contributed by atoms with Gasteiger partial charge in [-0.15, -0.1) is 0 Å². The van der Waals surface area contributed by atoms with Gasteiger partial charge in [0.1, 0.15) is 12.4 Å². The molecular formula is C20H23NO3. The molecule has 0 saturated carbocycles. The standard InChI is InChI=1S/C11H12O2.C9H11NO/c12-11(13)10-6-5-8-3-1-2-4-9(8)7-10;1-2-4-9-8(3-1)7-10-5-6-11-9/h4-6H,1-3,7H2,(H,12,13);1-4,10H,5-7H2. The molecule has 0 atom stereocenters. The van der Waals surface area contributed by atoms with Crippen molar-refractivity contribution in [1.29, 1.82) is 0 Å². The van der Waals surface area contributed by atoms with Gasteiger partial charge < -0.3 is 15.2 Å². The summed E-state index contributed by atoms with van der Waals surface area (Å²) >= 11 is 0. The van der Waals surface area contributed by atoms with Gasteiger partial charge in [-0.3, -0.25) is 0 Å². The van der Waals surface area contributed by atoms with Crippen LogP contribution in [0.5, 0.6) is 5.75 Å². The molecule has 126 valence electrons. The van der Waals surface area contributed by atoms with Crippen molar-refractivity contribution in [3.05, 3.63) is 64.8 Å². The first-order chi connectivity index (χ1) is 11.7. The van der Waals surface area contributed by atoms with E-state index >= 15 is 0 Å². The van der Waals surface area contributed by atoms with Gasteiger partial charge in [-0.2, -0.15) is 0 Å². The molecule has 1 aromatic carbocycles. The summed E-state index contributed by atoms with van der Waals surface area (Å²) in [5.41, 5.74) is 4.32. The molecule has 0 fully saturated rings. The predicted octanol–water partition coefficient (Wildman–Crippen LogP) is 3.61. The van der Waals surface area contributed by atoms with E-state index in [1.807, 2.05) is 24.3 Å². The van der Waals surface area contributed by atoms with Gasteiger partial charge in [0.25, 0.3) is 0 Å². The third kappa shape index (κ3) is 4.15.